The number of rotatable bonds is 4. The van der Waals surface area contributed by atoms with Crippen LogP contribution in [0.3, 0.4) is 0 Å². The Kier molecular flexibility index (Phi) is 5.06. The number of likely N-dealkylation sites (tertiary alicyclic amines) is 1. The van der Waals surface area contributed by atoms with E-state index in [0.29, 0.717) is 0 Å². The average Bonchev–Trinajstić information content (AvgIpc) is 2.75. The molecule has 0 radical (unpaired) electrons. The number of benzene rings is 1. The van der Waals surface area contributed by atoms with Gasteiger partial charge in [0.1, 0.15) is 6.54 Å². The highest BCUT2D eigenvalue weighted by molar-refractivity contribution is 6.16. The summed E-state index contributed by atoms with van der Waals surface area (Å²) in [5.74, 6) is -2.02. The van der Waals surface area contributed by atoms with Gasteiger partial charge in [0.2, 0.25) is 5.91 Å². The van der Waals surface area contributed by atoms with E-state index in [1.807, 2.05) is 0 Å². The summed E-state index contributed by atoms with van der Waals surface area (Å²) in [6, 6.07) is 4.41. The van der Waals surface area contributed by atoms with Crippen molar-refractivity contribution in [2.45, 2.75) is 19.5 Å². The minimum absolute atomic E-state index is 0.0311. The lowest BCUT2D eigenvalue weighted by Gasteiger charge is -2.11. The lowest BCUT2D eigenvalue weighted by atomic mass is 10.1. The Bertz CT molecular complexity index is 710. The fourth-order valence-electron chi connectivity index (χ4n) is 2.24. The molecule has 1 fully saturated rings. The number of ether oxygens (including phenoxy) is 1. The predicted molar refractivity (Wildman–Crippen MR) is 77.4 cm³/mol. The Morgan fingerprint density at radius 1 is 1.33 bits per heavy atom. The van der Waals surface area contributed by atoms with E-state index in [4.69, 9.17) is 0 Å². The van der Waals surface area contributed by atoms with Crippen molar-refractivity contribution < 1.29 is 32.3 Å². The van der Waals surface area contributed by atoms with Crippen LogP contribution in [0.1, 0.15) is 24.5 Å². The summed E-state index contributed by atoms with van der Waals surface area (Å²) in [5.41, 5.74) is -0.667. The SMILES string of the molecule is CCOC(=O)CN1C(=O)C/C(=C\c2cccc(C(F)(F)F)c2)C1=O. The van der Waals surface area contributed by atoms with Gasteiger partial charge in [-0.1, -0.05) is 12.1 Å². The molecule has 0 spiro atoms. The lowest BCUT2D eigenvalue weighted by Crippen LogP contribution is -2.35. The fraction of sp³-hybridized carbons (Fsp3) is 0.312. The first-order valence-corrected chi connectivity index (χ1v) is 7.10. The van der Waals surface area contributed by atoms with Crippen LogP contribution in [0.5, 0.6) is 0 Å². The first-order chi connectivity index (χ1) is 11.2. The number of carbonyl (C=O) groups is 3. The highest BCUT2D eigenvalue weighted by Gasteiger charge is 2.35. The van der Waals surface area contributed by atoms with Gasteiger partial charge in [-0.2, -0.15) is 13.2 Å². The molecule has 2 amide bonds. The number of amides is 2. The Morgan fingerprint density at radius 2 is 2.04 bits per heavy atom. The van der Waals surface area contributed by atoms with Gasteiger partial charge in [0.15, 0.2) is 0 Å². The van der Waals surface area contributed by atoms with E-state index in [1.165, 1.54) is 18.2 Å². The second-order valence-corrected chi connectivity index (χ2v) is 5.06. The molecular weight excluding hydrogens is 327 g/mol. The van der Waals surface area contributed by atoms with E-state index >= 15 is 0 Å². The Hall–Kier alpha value is -2.64. The van der Waals surface area contributed by atoms with Crippen LogP contribution in [0.4, 0.5) is 13.2 Å². The fourth-order valence-corrected chi connectivity index (χ4v) is 2.24. The zero-order valence-electron chi connectivity index (χ0n) is 12.7. The summed E-state index contributed by atoms with van der Waals surface area (Å²) in [7, 11) is 0. The van der Waals surface area contributed by atoms with Gasteiger partial charge in [-0.25, -0.2) is 0 Å². The quantitative estimate of drug-likeness (QED) is 0.479. The van der Waals surface area contributed by atoms with Crippen molar-refractivity contribution in [3.63, 3.8) is 0 Å². The second kappa shape index (κ2) is 6.86. The Morgan fingerprint density at radius 3 is 2.67 bits per heavy atom. The number of nitrogens with zero attached hydrogens (tertiary/aromatic N) is 1. The van der Waals surface area contributed by atoms with Gasteiger partial charge in [0.25, 0.3) is 5.91 Å². The van der Waals surface area contributed by atoms with Gasteiger partial charge >= 0.3 is 12.1 Å². The smallest absolute Gasteiger partial charge is 0.416 e. The molecule has 1 aliphatic heterocycles. The van der Waals surface area contributed by atoms with Gasteiger partial charge in [-0.05, 0) is 30.7 Å². The minimum atomic E-state index is -4.50. The summed E-state index contributed by atoms with van der Waals surface area (Å²) < 4.78 is 42.8. The zero-order chi connectivity index (χ0) is 17.9. The van der Waals surface area contributed by atoms with Crippen LogP contribution < -0.4 is 0 Å². The average molecular weight is 341 g/mol. The summed E-state index contributed by atoms with van der Waals surface area (Å²) in [4.78, 5) is 36.1. The maximum atomic E-state index is 12.7. The molecule has 0 unspecified atom stereocenters. The Labute approximate surface area is 135 Å². The molecule has 0 bridgehead atoms. The third kappa shape index (κ3) is 4.01. The van der Waals surface area contributed by atoms with Crippen LogP contribution in [-0.4, -0.2) is 35.8 Å². The highest BCUT2D eigenvalue weighted by atomic mass is 19.4. The molecular formula is C16H14F3NO4. The lowest BCUT2D eigenvalue weighted by molar-refractivity contribution is -0.151. The van der Waals surface area contributed by atoms with Crippen LogP contribution in [0.2, 0.25) is 0 Å². The molecule has 0 aromatic heterocycles. The van der Waals surface area contributed by atoms with Crippen molar-refractivity contribution in [2.75, 3.05) is 13.2 Å². The molecule has 0 aliphatic carbocycles. The number of halogens is 3. The monoisotopic (exact) mass is 341 g/mol. The normalized spacial score (nSPS) is 16.8. The minimum Gasteiger partial charge on any atom is -0.465 e. The van der Waals surface area contributed by atoms with Gasteiger partial charge < -0.3 is 4.74 Å². The van der Waals surface area contributed by atoms with Crippen molar-refractivity contribution in [1.82, 2.24) is 4.90 Å². The molecule has 1 aromatic rings. The maximum absolute atomic E-state index is 12.7. The summed E-state index contributed by atoms with van der Waals surface area (Å²) in [6.45, 7) is 1.19. The standard InChI is InChI=1S/C16H14F3NO4/c1-2-24-14(22)9-20-13(21)8-11(15(20)23)6-10-4-3-5-12(7-10)16(17,18)19/h3-7H,2,8-9H2,1H3/b11-6+. The second-order valence-electron chi connectivity index (χ2n) is 5.06. The van der Waals surface area contributed by atoms with Gasteiger partial charge in [-0.3, -0.25) is 19.3 Å². The number of alkyl halides is 3. The van der Waals surface area contributed by atoms with Crippen molar-refractivity contribution in [3.8, 4) is 0 Å². The first-order valence-electron chi connectivity index (χ1n) is 7.10. The van der Waals surface area contributed by atoms with E-state index in [1.54, 1.807) is 6.92 Å². The van der Waals surface area contributed by atoms with Crippen molar-refractivity contribution in [3.05, 3.63) is 41.0 Å². The molecule has 1 heterocycles. The van der Waals surface area contributed by atoms with Gasteiger partial charge in [0.05, 0.1) is 18.6 Å². The molecule has 1 aromatic carbocycles. The van der Waals surface area contributed by atoms with E-state index in [-0.39, 0.29) is 24.2 Å². The molecule has 8 heteroatoms. The topological polar surface area (TPSA) is 63.7 Å². The van der Waals surface area contributed by atoms with Crippen LogP contribution in [0, 0.1) is 0 Å². The van der Waals surface area contributed by atoms with E-state index in [0.717, 1.165) is 17.0 Å². The van der Waals surface area contributed by atoms with Gasteiger partial charge in [-0.15, -0.1) is 0 Å². The third-order valence-electron chi connectivity index (χ3n) is 3.31. The molecule has 0 atom stereocenters. The van der Waals surface area contributed by atoms with Crippen LogP contribution in [-0.2, 0) is 25.3 Å². The molecule has 1 saturated heterocycles. The molecule has 1 aliphatic rings. The van der Waals surface area contributed by atoms with E-state index < -0.39 is 36.1 Å². The number of hydrogen-bond acceptors (Lipinski definition) is 4. The number of carbonyl (C=O) groups excluding carboxylic acids is 3. The Balaban J connectivity index is 2.21. The summed E-state index contributed by atoms with van der Waals surface area (Å²) in [5, 5.41) is 0. The van der Waals surface area contributed by atoms with E-state index in [9.17, 15) is 27.6 Å². The number of esters is 1. The molecule has 0 N–H and O–H groups in total. The van der Waals surface area contributed by atoms with Crippen LogP contribution in [0.15, 0.2) is 29.8 Å². The third-order valence-corrected chi connectivity index (χ3v) is 3.31. The number of imide groups is 1. The molecule has 0 saturated carbocycles. The van der Waals surface area contributed by atoms with Crippen molar-refractivity contribution in [2.24, 2.45) is 0 Å². The van der Waals surface area contributed by atoms with Crippen LogP contribution >= 0.6 is 0 Å². The number of hydrogen-bond donors (Lipinski definition) is 0. The zero-order valence-corrected chi connectivity index (χ0v) is 12.7. The largest absolute Gasteiger partial charge is 0.465 e. The summed E-state index contributed by atoms with van der Waals surface area (Å²) >= 11 is 0. The molecule has 24 heavy (non-hydrogen) atoms. The summed E-state index contributed by atoms with van der Waals surface area (Å²) in [6.07, 6.45) is -3.55. The molecule has 128 valence electrons. The van der Waals surface area contributed by atoms with E-state index in [2.05, 4.69) is 4.74 Å². The van der Waals surface area contributed by atoms with Crippen molar-refractivity contribution >= 4 is 23.9 Å². The highest BCUT2D eigenvalue weighted by Crippen LogP contribution is 2.30. The predicted octanol–water partition coefficient (Wildman–Crippen LogP) is 2.41. The first kappa shape index (κ1) is 17.7. The molecule has 2 rings (SSSR count). The van der Waals surface area contributed by atoms with Crippen molar-refractivity contribution in [1.29, 1.82) is 0 Å². The van der Waals surface area contributed by atoms with Gasteiger partial charge in [0, 0.05) is 5.57 Å². The maximum Gasteiger partial charge on any atom is 0.416 e. The van der Waals surface area contributed by atoms with Crippen LogP contribution in [0.25, 0.3) is 6.08 Å². The molecule has 5 nitrogen and oxygen atoms in total.